The van der Waals surface area contributed by atoms with Crippen molar-refractivity contribution in [3.8, 4) is 0 Å². The van der Waals surface area contributed by atoms with Crippen molar-refractivity contribution in [2.75, 3.05) is 6.54 Å². The molecule has 0 aromatic heterocycles. The first kappa shape index (κ1) is 16.7. The summed E-state index contributed by atoms with van der Waals surface area (Å²) in [6, 6.07) is 3.01. The van der Waals surface area contributed by atoms with Gasteiger partial charge in [0.05, 0.1) is 5.56 Å². The van der Waals surface area contributed by atoms with Gasteiger partial charge in [-0.25, -0.2) is 4.39 Å². The molecule has 0 aliphatic heterocycles. The Balaban J connectivity index is 2.93. The van der Waals surface area contributed by atoms with Crippen molar-refractivity contribution in [2.45, 2.75) is 39.4 Å². The van der Waals surface area contributed by atoms with Gasteiger partial charge in [-0.05, 0) is 45.4 Å². The van der Waals surface area contributed by atoms with E-state index in [1.807, 2.05) is 27.7 Å². The molecule has 1 nitrogen and oxygen atoms in total. The average Bonchev–Trinajstić information content (AvgIpc) is 2.27. The second-order valence-corrected chi connectivity index (χ2v) is 5.83. The summed E-state index contributed by atoms with van der Waals surface area (Å²) < 4.78 is 50.9. The Morgan fingerprint density at radius 2 is 1.80 bits per heavy atom. The number of nitrogens with one attached hydrogen (secondary N) is 1. The van der Waals surface area contributed by atoms with Crippen molar-refractivity contribution in [1.29, 1.82) is 0 Å². The van der Waals surface area contributed by atoms with E-state index in [0.717, 1.165) is 17.7 Å². The van der Waals surface area contributed by atoms with Gasteiger partial charge in [0.25, 0.3) is 0 Å². The van der Waals surface area contributed by atoms with E-state index in [0.29, 0.717) is 12.1 Å². The number of rotatable bonds is 3. The predicted octanol–water partition coefficient (Wildman–Crippen LogP) is 4.64. The number of benzene rings is 1. The second-order valence-electron chi connectivity index (χ2n) is 5.83. The van der Waals surface area contributed by atoms with Crippen LogP contribution in [0.1, 0.15) is 38.8 Å². The molecule has 0 bridgehead atoms. The van der Waals surface area contributed by atoms with E-state index >= 15 is 0 Å². The summed E-state index contributed by atoms with van der Waals surface area (Å²) in [6.07, 6.45) is -3.06. The Kier molecular flexibility index (Phi) is 4.97. The standard InChI is InChI=1S/C15H19F4N/c1-10(9-20-14(2,3)4)7-11-5-6-13(16)12(8-11)15(17,18)19/h5-8,20H,9H2,1-4H3/b10-7-. The topological polar surface area (TPSA) is 12.0 Å². The third kappa shape index (κ3) is 5.33. The highest BCUT2D eigenvalue weighted by atomic mass is 19.4. The Bertz CT molecular complexity index is 496. The molecule has 0 atom stereocenters. The van der Waals surface area contributed by atoms with Crippen LogP contribution < -0.4 is 5.32 Å². The SMILES string of the molecule is C/C(=C/c1ccc(F)c(C(F)(F)F)c1)CNC(C)(C)C. The molecule has 1 aromatic carbocycles. The highest BCUT2D eigenvalue weighted by molar-refractivity contribution is 5.54. The molecule has 0 aliphatic rings. The van der Waals surface area contributed by atoms with Gasteiger partial charge in [-0.15, -0.1) is 0 Å². The molecule has 1 N–H and O–H groups in total. The molecular weight excluding hydrogens is 270 g/mol. The molecule has 0 aliphatic carbocycles. The van der Waals surface area contributed by atoms with Crippen molar-refractivity contribution in [3.63, 3.8) is 0 Å². The van der Waals surface area contributed by atoms with Crippen molar-refractivity contribution in [3.05, 3.63) is 40.7 Å². The maximum absolute atomic E-state index is 13.2. The van der Waals surface area contributed by atoms with Gasteiger partial charge in [-0.2, -0.15) is 13.2 Å². The van der Waals surface area contributed by atoms with Crippen molar-refractivity contribution < 1.29 is 17.6 Å². The van der Waals surface area contributed by atoms with Gasteiger partial charge in [0, 0.05) is 12.1 Å². The summed E-state index contributed by atoms with van der Waals surface area (Å²) in [5.41, 5.74) is -0.0934. The second kappa shape index (κ2) is 5.95. The molecule has 0 spiro atoms. The van der Waals surface area contributed by atoms with E-state index < -0.39 is 17.6 Å². The summed E-state index contributed by atoms with van der Waals surface area (Å²) in [6.45, 7) is 8.37. The van der Waals surface area contributed by atoms with Crippen LogP contribution in [0.5, 0.6) is 0 Å². The van der Waals surface area contributed by atoms with Crippen molar-refractivity contribution in [1.82, 2.24) is 5.32 Å². The van der Waals surface area contributed by atoms with Gasteiger partial charge in [0.2, 0.25) is 0 Å². The molecule has 0 saturated carbocycles. The molecule has 0 amide bonds. The van der Waals surface area contributed by atoms with Crippen LogP contribution in [0, 0.1) is 5.82 Å². The van der Waals surface area contributed by atoms with Crippen molar-refractivity contribution >= 4 is 6.08 Å². The molecule has 0 radical (unpaired) electrons. The first-order chi connectivity index (χ1) is 8.99. The van der Waals surface area contributed by atoms with E-state index in [-0.39, 0.29) is 5.54 Å². The molecule has 0 saturated heterocycles. The third-order valence-electron chi connectivity index (χ3n) is 2.61. The smallest absolute Gasteiger partial charge is 0.308 e. The molecule has 5 heteroatoms. The van der Waals surface area contributed by atoms with Crippen LogP contribution in [-0.4, -0.2) is 12.1 Å². The van der Waals surface area contributed by atoms with E-state index in [1.165, 1.54) is 6.07 Å². The Morgan fingerprint density at radius 3 is 2.30 bits per heavy atom. The lowest BCUT2D eigenvalue weighted by molar-refractivity contribution is -0.140. The predicted molar refractivity (Wildman–Crippen MR) is 72.8 cm³/mol. The maximum atomic E-state index is 13.2. The quantitative estimate of drug-likeness (QED) is 0.800. The lowest BCUT2D eigenvalue weighted by Gasteiger charge is -2.20. The maximum Gasteiger partial charge on any atom is 0.419 e. The summed E-state index contributed by atoms with van der Waals surface area (Å²) in [7, 11) is 0. The highest BCUT2D eigenvalue weighted by Crippen LogP contribution is 2.32. The van der Waals surface area contributed by atoms with Crippen LogP contribution in [-0.2, 0) is 6.18 Å². The minimum Gasteiger partial charge on any atom is -0.308 e. The molecule has 1 rings (SSSR count). The number of hydrogen-bond acceptors (Lipinski definition) is 1. The fourth-order valence-corrected chi connectivity index (χ4v) is 1.59. The average molecular weight is 289 g/mol. The van der Waals surface area contributed by atoms with E-state index in [4.69, 9.17) is 0 Å². The lowest BCUT2D eigenvalue weighted by Crippen LogP contribution is -2.36. The lowest BCUT2D eigenvalue weighted by atomic mass is 10.1. The van der Waals surface area contributed by atoms with Crippen LogP contribution in [0.15, 0.2) is 23.8 Å². The molecular formula is C15H19F4N. The van der Waals surface area contributed by atoms with Gasteiger partial charge in [0.1, 0.15) is 5.82 Å². The summed E-state index contributed by atoms with van der Waals surface area (Å²) >= 11 is 0. The van der Waals surface area contributed by atoms with Crippen molar-refractivity contribution in [2.24, 2.45) is 0 Å². The molecule has 112 valence electrons. The zero-order valence-corrected chi connectivity index (χ0v) is 12.0. The summed E-state index contributed by atoms with van der Waals surface area (Å²) in [5.74, 6) is -1.25. The van der Waals surface area contributed by atoms with Gasteiger partial charge >= 0.3 is 6.18 Å². The molecule has 20 heavy (non-hydrogen) atoms. The monoisotopic (exact) mass is 289 g/mol. The zero-order chi connectivity index (χ0) is 15.6. The van der Waals surface area contributed by atoms with Gasteiger partial charge in [-0.1, -0.05) is 17.7 Å². The first-order valence-electron chi connectivity index (χ1n) is 6.28. The molecule has 0 fully saturated rings. The van der Waals surface area contributed by atoms with E-state index in [2.05, 4.69) is 5.32 Å². The molecule has 0 unspecified atom stereocenters. The Morgan fingerprint density at radius 1 is 1.20 bits per heavy atom. The number of halogens is 4. The van der Waals surface area contributed by atoms with Crippen LogP contribution in [0.2, 0.25) is 0 Å². The minimum atomic E-state index is -4.68. The van der Waals surface area contributed by atoms with Gasteiger partial charge in [0.15, 0.2) is 0 Å². The van der Waals surface area contributed by atoms with Crippen LogP contribution in [0.4, 0.5) is 17.6 Å². The highest BCUT2D eigenvalue weighted by Gasteiger charge is 2.34. The van der Waals surface area contributed by atoms with Crippen LogP contribution in [0.25, 0.3) is 6.08 Å². The zero-order valence-electron chi connectivity index (χ0n) is 12.0. The minimum absolute atomic E-state index is 0.0744. The number of hydrogen-bond donors (Lipinski definition) is 1. The van der Waals surface area contributed by atoms with E-state index in [9.17, 15) is 17.6 Å². The third-order valence-corrected chi connectivity index (χ3v) is 2.61. The van der Waals surface area contributed by atoms with Crippen LogP contribution >= 0.6 is 0 Å². The molecule has 1 aromatic rings. The fourth-order valence-electron chi connectivity index (χ4n) is 1.59. The fraction of sp³-hybridized carbons (Fsp3) is 0.467. The molecule has 0 heterocycles. The van der Waals surface area contributed by atoms with E-state index in [1.54, 1.807) is 6.08 Å². The summed E-state index contributed by atoms with van der Waals surface area (Å²) in [5, 5.41) is 3.23. The normalized spacial score (nSPS) is 13.7. The van der Waals surface area contributed by atoms with Gasteiger partial charge < -0.3 is 5.32 Å². The Labute approximate surface area is 116 Å². The summed E-state index contributed by atoms with van der Waals surface area (Å²) in [4.78, 5) is 0. The largest absolute Gasteiger partial charge is 0.419 e. The first-order valence-corrected chi connectivity index (χ1v) is 6.28. The Hall–Kier alpha value is -1.36. The van der Waals surface area contributed by atoms with Gasteiger partial charge in [-0.3, -0.25) is 0 Å². The number of alkyl halides is 3. The van der Waals surface area contributed by atoms with Crippen LogP contribution in [0.3, 0.4) is 0 Å².